The van der Waals surface area contributed by atoms with Crippen LogP contribution in [-0.2, 0) is 4.79 Å². The lowest BCUT2D eigenvalue weighted by Crippen LogP contribution is -2.63. The van der Waals surface area contributed by atoms with Crippen molar-refractivity contribution >= 4 is 5.91 Å². The fourth-order valence-corrected chi connectivity index (χ4v) is 3.05. The first-order valence-electron chi connectivity index (χ1n) is 7.76. The standard InChI is InChI=1S/C15H31N3O/c1-5-10-17-15(14(16)19,12-8-9-12)11-18(4)13(6-2)7-3/h12-13,17H,5-11H2,1-4H3,(H2,16,19). The van der Waals surface area contributed by atoms with Gasteiger partial charge in [0.05, 0.1) is 0 Å². The van der Waals surface area contributed by atoms with Crippen LogP contribution in [0.25, 0.3) is 0 Å². The molecule has 112 valence electrons. The van der Waals surface area contributed by atoms with E-state index in [9.17, 15) is 4.79 Å². The molecule has 19 heavy (non-hydrogen) atoms. The van der Waals surface area contributed by atoms with E-state index in [2.05, 4.69) is 38.0 Å². The number of hydrogen-bond donors (Lipinski definition) is 2. The maximum absolute atomic E-state index is 12.1. The van der Waals surface area contributed by atoms with Crippen LogP contribution in [-0.4, -0.2) is 42.5 Å². The van der Waals surface area contributed by atoms with Gasteiger partial charge in [0, 0.05) is 12.6 Å². The first-order chi connectivity index (χ1) is 9.01. The van der Waals surface area contributed by atoms with Gasteiger partial charge in [0.25, 0.3) is 0 Å². The highest BCUT2D eigenvalue weighted by molar-refractivity contribution is 5.86. The second kappa shape index (κ2) is 7.25. The number of nitrogens with two attached hydrogens (primary N) is 1. The molecular formula is C15H31N3O. The fraction of sp³-hybridized carbons (Fsp3) is 0.933. The van der Waals surface area contributed by atoms with E-state index in [4.69, 9.17) is 5.73 Å². The molecule has 0 heterocycles. The van der Waals surface area contributed by atoms with Crippen molar-refractivity contribution in [2.75, 3.05) is 20.1 Å². The first-order valence-corrected chi connectivity index (χ1v) is 7.76. The summed E-state index contributed by atoms with van der Waals surface area (Å²) in [6, 6.07) is 0.529. The summed E-state index contributed by atoms with van der Waals surface area (Å²) in [7, 11) is 2.12. The Hall–Kier alpha value is -0.610. The zero-order valence-electron chi connectivity index (χ0n) is 13.0. The van der Waals surface area contributed by atoms with Crippen LogP contribution < -0.4 is 11.1 Å². The molecule has 0 aromatic carbocycles. The lowest BCUT2D eigenvalue weighted by atomic mass is 9.90. The molecule has 0 saturated heterocycles. The van der Waals surface area contributed by atoms with Crippen molar-refractivity contribution in [3.8, 4) is 0 Å². The highest BCUT2D eigenvalue weighted by Crippen LogP contribution is 2.40. The lowest BCUT2D eigenvalue weighted by molar-refractivity contribution is -0.126. The number of nitrogens with one attached hydrogen (secondary N) is 1. The minimum Gasteiger partial charge on any atom is -0.368 e. The van der Waals surface area contributed by atoms with Crippen LogP contribution >= 0.6 is 0 Å². The van der Waals surface area contributed by atoms with E-state index in [1.165, 1.54) is 0 Å². The normalized spacial score (nSPS) is 18.8. The number of primary amides is 1. The summed E-state index contributed by atoms with van der Waals surface area (Å²) in [6.45, 7) is 8.12. The van der Waals surface area contributed by atoms with Gasteiger partial charge < -0.3 is 16.0 Å². The Morgan fingerprint density at radius 2 is 1.95 bits per heavy atom. The Labute approximate surface area is 118 Å². The third kappa shape index (κ3) is 3.93. The molecule has 0 aliphatic heterocycles. The Kier molecular flexibility index (Phi) is 6.27. The molecule has 0 radical (unpaired) electrons. The third-order valence-electron chi connectivity index (χ3n) is 4.47. The zero-order valence-corrected chi connectivity index (χ0v) is 13.0. The number of rotatable bonds is 10. The van der Waals surface area contributed by atoms with Gasteiger partial charge in [-0.1, -0.05) is 20.8 Å². The molecule has 3 N–H and O–H groups in total. The molecule has 1 amide bonds. The SMILES string of the molecule is CCCNC(CN(C)C(CC)CC)(C(N)=O)C1CC1. The Morgan fingerprint density at radius 1 is 1.37 bits per heavy atom. The first kappa shape index (κ1) is 16.4. The zero-order chi connectivity index (χ0) is 14.5. The van der Waals surface area contributed by atoms with Crippen molar-refractivity contribution in [2.45, 2.75) is 64.5 Å². The molecule has 4 heteroatoms. The summed E-state index contributed by atoms with van der Waals surface area (Å²) in [5.74, 6) is 0.245. The fourth-order valence-electron chi connectivity index (χ4n) is 3.05. The molecule has 0 aromatic heterocycles. The van der Waals surface area contributed by atoms with Gasteiger partial charge in [0.15, 0.2) is 0 Å². The number of likely N-dealkylation sites (N-methyl/N-ethyl adjacent to an activating group) is 1. The molecule has 0 bridgehead atoms. The average molecular weight is 269 g/mol. The number of carbonyl (C=O) groups excluding carboxylic acids is 1. The minimum atomic E-state index is -0.520. The second-order valence-corrected chi connectivity index (χ2v) is 5.92. The van der Waals surface area contributed by atoms with Gasteiger partial charge in [-0.3, -0.25) is 4.79 Å². The molecule has 1 aliphatic rings. The van der Waals surface area contributed by atoms with Crippen molar-refractivity contribution in [1.29, 1.82) is 0 Å². The van der Waals surface area contributed by atoms with Gasteiger partial charge >= 0.3 is 0 Å². The van der Waals surface area contributed by atoms with Crippen LogP contribution in [0.1, 0.15) is 52.9 Å². The summed E-state index contributed by atoms with van der Waals surface area (Å²) in [5.41, 5.74) is 5.24. The monoisotopic (exact) mass is 269 g/mol. The predicted molar refractivity (Wildman–Crippen MR) is 79.9 cm³/mol. The largest absolute Gasteiger partial charge is 0.368 e. The van der Waals surface area contributed by atoms with E-state index in [-0.39, 0.29) is 5.91 Å². The van der Waals surface area contributed by atoms with Gasteiger partial charge in [-0.25, -0.2) is 0 Å². The van der Waals surface area contributed by atoms with E-state index in [0.29, 0.717) is 12.0 Å². The van der Waals surface area contributed by atoms with E-state index in [0.717, 1.165) is 45.2 Å². The Morgan fingerprint density at radius 3 is 2.32 bits per heavy atom. The molecule has 1 fully saturated rings. The maximum Gasteiger partial charge on any atom is 0.239 e. The van der Waals surface area contributed by atoms with E-state index in [1.54, 1.807) is 0 Å². The summed E-state index contributed by atoms with van der Waals surface area (Å²) in [5, 5.41) is 3.46. The molecule has 4 nitrogen and oxygen atoms in total. The highest BCUT2D eigenvalue weighted by atomic mass is 16.1. The van der Waals surface area contributed by atoms with Gasteiger partial charge in [-0.15, -0.1) is 0 Å². The van der Waals surface area contributed by atoms with Crippen LogP contribution in [0.15, 0.2) is 0 Å². The number of amides is 1. The van der Waals surface area contributed by atoms with E-state index >= 15 is 0 Å². The topological polar surface area (TPSA) is 58.4 Å². The smallest absolute Gasteiger partial charge is 0.239 e. The second-order valence-electron chi connectivity index (χ2n) is 5.92. The molecule has 1 rings (SSSR count). The number of hydrogen-bond acceptors (Lipinski definition) is 3. The molecule has 1 aliphatic carbocycles. The Bertz CT molecular complexity index is 287. The predicted octanol–water partition coefficient (Wildman–Crippen LogP) is 1.74. The molecule has 1 unspecified atom stereocenters. The van der Waals surface area contributed by atoms with Crippen molar-refractivity contribution < 1.29 is 4.79 Å². The van der Waals surface area contributed by atoms with Gasteiger partial charge in [0.1, 0.15) is 5.54 Å². The molecule has 0 aromatic rings. The molecule has 1 atom stereocenters. The molecule has 1 saturated carbocycles. The van der Waals surface area contributed by atoms with Crippen LogP contribution in [0.4, 0.5) is 0 Å². The maximum atomic E-state index is 12.1. The van der Waals surface area contributed by atoms with Crippen LogP contribution in [0.2, 0.25) is 0 Å². The van der Waals surface area contributed by atoms with Crippen LogP contribution in [0, 0.1) is 5.92 Å². The quantitative estimate of drug-likeness (QED) is 0.635. The van der Waals surface area contributed by atoms with Crippen LogP contribution in [0.3, 0.4) is 0 Å². The van der Waals surface area contributed by atoms with Crippen molar-refractivity contribution in [1.82, 2.24) is 10.2 Å². The average Bonchev–Trinajstić information content (AvgIpc) is 3.20. The molecule has 0 spiro atoms. The van der Waals surface area contributed by atoms with Gasteiger partial charge in [-0.2, -0.15) is 0 Å². The molecular weight excluding hydrogens is 238 g/mol. The summed E-state index contributed by atoms with van der Waals surface area (Å²) in [4.78, 5) is 14.4. The van der Waals surface area contributed by atoms with Gasteiger partial charge in [-0.05, 0) is 51.6 Å². The van der Waals surface area contributed by atoms with Gasteiger partial charge in [0.2, 0.25) is 5.91 Å². The summed E-state index contributed by atoms with van der Waals surface area (Å²) < 4.78 is 0. The van der Waals surface area contributed by atoms with Crippen molar-refractivity contribution in [3.63, 3.8) is 0 Å². The summed E-state index contributed by atoms with van der Waals surface area (Å²) in [6.07, 6.45) is 5.49. The van der Waals surface area contributed by atoms with Crippen LogP contribution in [0.5, 0.6) is 0 Å². The van der Waals surface area contributed by atoms with Crippen molar-refractivity contribution in [2.24, 2.45) is 11.7 Å². The van der Waals surface area contributed by atoms with E-state index in [1.807, 2.05) is 0 Å². The van der Waals surface area contributed by atoms with E-state index < -0.39 is 5.54 Å². The number of carbonyl (C=O) groups is 1. The van der Waals surface area contributed by atoms with Crippen molar-refractivity contribution in [3.05, 3.63) is 0 Å². The number of nitrogens with zero attached hydrogens (tertiary/aromatic N) is 1. The summed E-state index contributed by atoms with van der Waals surface area (Å²) >= 11 is 0. The lowest BCUT2D eigenvalue weighted by Gasteiger charge is -2.38. The third-order valence-corrected chi connectivity index (χ3v) is 4.47. The Balaban J connectivity index is 2.80. The highest BCUT2D eigenvalue weighted by Gasteiger charge is 2.50. The minimum absolute atomic E-state index is 0.179.